The number of hydrogen-bond donors (Lipinski definition) is 0. The van der Waals surface area contributed by atoms with E-state index in [1.807, 2.05) is 17.8 Å². The monoisotopic (exact) mass is 259 g/mol. The Hall–Kier alpha value is -0.410. The van der Waals surface area contributed by atoms with Gasteiger partial charge in [-0.1, -0.05) is 0 Å². The molecule has 0 bridgehead atoms. The Morgan fingerprint density at radius 1 is 1.25 bits per heavy atom. The molecular formula is C12H15ClFNS. The first-order valence-electron chi connectivity index (χ1n) is 5.48. The third-order valence-electron chi connectivity index (χ3n) is 2.68. The van der Waals surface area contributed by atoms with Crippen molar-refractivity contribution in [2.45, 2.75) is 12.3 Å². The minimum absolute atomic E-state index is 0.190. The van der Waals surface area contributed by atoms with E-state index >= 15 is 0 Å². The highest BCUT2D eigenvalue weighted by atomic mass is 35.5. The number of hydrogen-bond acceptors (Lipinski definition) is 2. The zero-order valence-corrected chi connectivity index (χ0v) is 10.7. The van der Waals surface area contributed by atoms with Crippen LogP contribution in [-0.4, -0.2) is 24.6 Å². The van der Waals surface area contributed by atoms with Crippen molar-refractivity contribution in [3.05, 3.63) is 29.6 Å². The molecule has 0 atom stereocenters. The second-order valence-electron chi connectivity index (χ2n) is 3.90. The maximum atomic E-state index is 13.4. The van der Waals surface area contributed by atoms with Gasteiger partial charge in [-0.15, -0.1) is 11.6 Å². The summed E-state index contributed by atoms with van der Waals surface area (Å²) in [6.45, 7) is 2.01. The molecule has 1 nitrogen and oxygen atoms in total. The fourth-order valence-corrected chi connectivity index (χ4v) is 2.94. The fourth-order valence-electron chi connectivity index (χ4n) is 1.90. The maximum absolute atomic E-state index is 13.4. The van der Waals surface area contributed by atoms with Crippen LogP contribution in [0.5, 0.6) is 0 Å². The second kappa shape index (κ2) is 5.78. The molecule has 2 rings (SSSR count). The van der Waals surface area contributed by atoms with Crippen molar-refractivity contribution in [1.29, 1.82) is 0 Å². The molecule has 1 heterocycles. The minimum atomic E-state index is -0.190. The Kier molecular flexibility index (Phi) is 4.36. The molecule has 0 aromatic heterocycles. The maximum Gasteiger partial charge on any atom is 0.125 e. The SMILES string of the molecule is Fc1cc(CCl)cc(N2CCCSCC2)c1. The van der Waals surface area contributed by atoms with Crippen LogP contribution < -0.4 is 4.90 Å². The number of benzene rings is 1. The Morgan fingerprint density at radius 2 is 2.12 bits per heavy atom. The largest absolute Gasteiger partial charge is 0.371 e. The molecule has 1 saturated heterocycles. The van der Waals surface area contributed by atoms with Crippen molar-refractivity contribution >= 4 is 29.1 Å². The molecule has 0 spiro atoms. The van der Waals surface area contributed by atoms with Gasteiger partial charge in [0.05, 0.1) is 0 Å². The molecule has 0 amide bonds. The van der Waals surface area contributed by atoms with Crippen LogP contribution >= 0.6 is 23.4 Å². The molecule has 0 saturated carbocycles. The Labute approximate surface area is 105 Å². The fraction of sp³-hybridized carbons (Fsp3) is 0.500. The molecule has 1 aromatic carbocycles. The molecule has 1 fully saturated rings. The summed E-state index contributed by atoms with van der Waals surface area (Å²) in [7, 11) is 0. The average Bonchev–Trinajstić information content (AvgIpc) is 2.56. The predicted molar refractivity (Wildman–Crippen MR) is 70.1 cm³/mol. The van der Waals surface area contributed by atoms with E-state index in [0.29, 0.717) is 5.88 Å². The van der Waals surface area contributed by atoms with E-state index in [1.54, 1.807) is 6.07 Å². The van der Waals surface area contributed by atoms with E-state index in [2.05, 4.69) is 4.90 Å². The van der Waals surface area contributed by atoms with Gasteiger partial charge in [-0.2, -0.15) is 11.8 Å². The van der Waals surface area contributed by atoms with E-state index in [-0.39, 0.29) is 5.82 Å². The van der Waals surface area contributed by atoms with Gasteiger partial charge in [0.25, 0.3) is 0 Å². The van der Waals surface area contributed by atoms with Gasteiger partial charge in [0.2, 0.25) is 0 Å². The first kappa shape index (κ1) is 12.1. The lowest BCUT2D eigenvalue weighted by Gasteiger charge is -2.22. The van der Waals surface area contributed by atoms with Crippen molar-refractivity contribution in [1.82, 2.24) is 0 Å². The van der Waals surface area contributed by atoms with Crippen LogP contribution in [0.25, 0.3) is 0 Å². The molecule has 0 aliphatic carbocycles. The van der Waals surface area contributed by atoms with Crippen molar-refractivity contribution < 1.29 is 4.39 Å². The third-order valence-corrected chi connectivity index (χ3v) is 4.04. The number of anilines is 1. The van der Waals surface area contributed by atoms with Gasteiger partial charge in [0.15, 0.2) is 0 Å². The van der Waals surface area contributed by atoms with Gasteiger partial charge in [0.1, 0.15) is 5.82 Å². The number of nitrogens with zero attached hydrogens (tertiary/aromatic N) is 1. The Balaban J connectivity index is 2.20. The normalized spacial score (nSPS) is 17.2. The van der Waals surface area contributed by atoms with Crippen LogP contribution in [0.3, 0.4) is 0 Å². The summed E-state index contributed by atoms with van der Waals surface area (Å²) in [4.78, 5) is 2.25. The summed E-state index contributed by atoms with van der Waals surface area (Å²) in [6, 6.07) is 5.10. The van der Waals surface area contributed by atoms with Crippen LogP contribution in [0.2, 0.25) is 0 Å². The van der Waals surface area contributed by atoms with Crippen LogP contribution in [0.15, 0.2) is 18.2 Å². The van der Waals surface area contributed by atoms with Gasteiger partial charge >= 0.3 is 0 Å². The van der Waals surface area contributed by atoms with Crippen molar-refractivity contribution in [3.8, 4) is 0 Å². The molecule has 16 heavy (non-hydrogen) atoms. The van der Waals surface area contributed by atoms with E-state index in [9.17, 15) is 4.39 Å². The van der Waals surface area contributed by atoms with Crippen LogP contribution in [0.1, 0.15) is 12.0 Å². The number of halogens is 2. The summed E-state index contributed by atoms with van der Waals surface area (Å²) in [5.74, 6) is 2.50. The Bertz CT molecular complexity index is 351. The average molecular weight is 260 g/mol. The van der Waals surface area contributed by atoms with Gasteiger partial charge in [-0.05, 0) is 35.9 Å². The first-order valence-corrected chi connectivity index (χ1v) is 7.16. The van der Waals surface area contributed by atoms with Crippen molar-refractivity contribution in [3.63, 3.8) is 0 Å². The third kappa shape index (κ3) is 3.05. The molecule has 0 radical (unpaired) electrons. The van der Waals surface area contributed by atoms with Gasteiger partial charge in [-0.3, -0.25) is 0 Å². The smallest absolute Gasteiger partial charge is 0.125 e. The van der Waals surface area contributed by atoms with E-state index in [1.165, 1.54) is 11.8 Å². The standard InChI is InChI=1S/C12H15ClFNS/c13-9-10-6-11(14)8-12(7-10)15-2-1-4-16-5-3-15/h6-8H,1-5,9H2. The minimum Gasteiger partial charge on any atom is -0.371 e. The van der Waals surface area contributed by atoms with Crippen molar-refractivity contribution in [2.24, 2.45) is 0 Å². The van der Waals surface area contributed by atoms with Crippen LogP contribution in [-0.2, 0) is 5.88 Å². The summed E-state index contributed by atoms with van der Waals surface area (Å²) >= 11 is 7.72. The van der Waals surface area contributed by atoms with E-state index in [4.69, 9.17) is 11.6 Å². The topological polar surface area (TPSA) is 3.24 Å². The lowest BCUT2D eigenvalue weighted by molar-refractivity contribution is 0.625. The van der Waals surface area contributed by atoms with Gasteiger partial charge in [0, 0.05) is 30.4 Å². The number of rotatable bonds is 2. The van der Waals surface area contributed by atoms with Crippen LogP contribution in [0.4, 0.5) is 10.1 Å². The van der Waals surface area contributed by atoms with E-state index in [0.717, 1.165) is 36.5 Å². The number of alkyl halides is 1. The molecule has 0 N–H and O–H groups in total. The molecule has 1 aliphatic heterocycles. The molecule has 1 aliphatic rings. The van der Waals surface area contributed by atoms with Crippen molar-refractivity contribution in [2.75, 3.05) is 29.5 Å². The van der Waals surface area contributed by atoms with Gasteiger partial charge in [-0.25, -0.2) is 4.39 Å². The summed E-state index contributed by atoms with van der Waals surface area (Å²) in [5.41, 5.74) is 1.83. The van der Waals surface area contributed by atoms with Crippen LogP contribution in [0, 0.1) is 5.82 Å². The highest BCUT2D eigenvalue weighted by molar-refractivity contribution is 7.99. The zero-order valence-electron chi connectivity index (χ0n) is 9.09. The summed E-state index contributed by atoms with van der Waals surface area (Å²) in [6.07, 6.45) is 1.16. The lowest BCUT2D eigenvalue weighted by Crippen LogP contribution is -2.25. The van der Waals surface area contributed by atoms with E-state index < -0.39 is 0 Å². The first-order chi connectivity index (χ1) is 7.79. The summed E-state index contributed by atoms with van der Waals surface area (Å²) in [5, 5.41) is 0. The highest BCUT2D eigenvalue weighted by Gasteiger charge is 2.11. The molecule has 4 heteroatoms. The molecular weight excluding hydrogens is 245 g/mol. The molecule has 1 aromatic rings. The second-order valence-corrected chi connectivity index (χ2v) is 5.40. The number of thioether (sulfide) groups is 1. The molecule has 0 unspecified atom stereocenters. The predicted octanol–water partition coefficient (Wildman–Crippen LogP) is 3.51. The zero-order chi connectivity index (χ0) is 11.4. The van der Waals surface area contributed by atoms with Gasteiger partial charge < -0.3 is 4.90 Å². The highest BCUT2D eigenvalue weighted by Crippen LogP contribution is 2.22. The lowest BCUT2D eigenvalue weighted by atomic mass is 10.2. The quantitative estimate of drug-likeness (QED) is 0.748. The molecule has 88 valence electrons. The summed E-state index contributed by atoms with van der Waals surface area (Å²) < 4.78 is 13.4. The Morgan fingerprint density at radius 3 is 2.94 bits per heavy atom.